The highest BCUT2D eigenvalue weighted by Gasteiger charge is 2.19. The van der Waals surface area contributed by atoms with Crippen molar-refractivity contribution in [1.29, 1.82) is 0 Å². The molecule has 0 aliphatic rings. The minimum Gasteiger partial charge on any atom is -0.342 e. The molecule has 0 aliphatic heterocycles. The van der Waals surface area contributed by atoms with Crippen LogP contribution in [0.4, 0.5) is 0 Å². The van der Waals surface area contributed by atoms with E-state index >= 15 is 0 Å². The molecule has 1 N–H and O–H groups in total. The van der Waals surface area contributed by atoms with Crippen molar-refractivity contribution in [2.75, 3.05) is 12.0 Å². The molecule has 3 aromatic rings. The highest BCUT2D eigenvalue weighted by atomic mass is 35.5. The fourth-order valence-corrected chi connectivity index (χ4v) is 3.56. The van der Waals surface area contributed by atoms with Gasteiger partial charge >= 0.3 is 0 Å². The summed E-state index contributed by atoms with van der Waals surface area (Å²) in [4.78, 5) is 12.5. The topological polar surface area (TPSA) is 59.3 Å². The standard InChI is InChI=1S/C19H18Cl2N4OS/c1-27-11-9-16(19-24-23-17-4-2-3-10-25(17)19)22-18(26)8-6-13-5-7-14(20)12-15(13)21/h2-8,10,12,16H,9,11H2,1H3,(H,22,26)/t16-/m0/s1. The van der Waals surface area contributed by atoms with Gasteiger partial charge in [0.15, 0.2) is 11.5 Å². The zero-order chi connectivity index (χ0) is 19.2. The maximum absolute atomic E-state index is 12.5. The minimum absolute atomic E-state index is 0.222. The summed E-state index contributed by atoms with van der Waals surface area (Å²) >= 11 is 13.8. The van der Waals surface area contributed by atoms with Gasteiger partial charge in [-0.3, -0.25) is 9.20 Å². The van der Waals surface area contributed by atoms with Crippen molar-refractivity contribution in [2.45, 2.75) is 12.5 Å². The van der Waals surface area contributed by atoms with Crippen LogP contribution in [0.15, 0.2) is 48.7 Å². The van der Waals surface area contributed by atoms with Gasteiger partial charge in [0.05, 0.1) is 6.04 Å². The van der Waals surface area contributed by atoms with Crippen molar-refractivity contribution < 1.29 is 4.79 Å². The van der Waals surface area contributed by atoms with Gasteiger partial charge in [0.2, 0.25) is 5.91 Å². The fourth-order valence-electron chi connectivity index (χ4n) is 2.62. The summed E-state index contributed by atoms with van der Waals surface area (Å²) in [7, 11) is 0. The number of nitrogens with one attached hydrogen (secondary N) is 1. The summed E-state index contributed by atoms with van der Waals surface area (Å²) in [5.74, 6) is 1.38. The maximum Gasteiger partial charge on any atom is 0.244 e. The lowest BCUT2D eigenvalue weighted by atomic mass is 10.2. The predicted octanol–water partition coefficient (Wildman–Crippen LogP) is 4.66. The lowest BCUT2D eigenvalue weighted by Crippen LogP contribution is -2.29. The second-order valence-electron chi connectivity index (χ2n) is 5.83. The number of hydrogen-bond donors (Lipinski definition) is 1. The van der Waals surface area contributed by atoms with Crippen LogP contribution in [0.1, 0.15) is 23.9 Å². The number of nitrogens with zero attached hydrogens (tertiary/aromatic N) is 3. The Balaban J connectivity index is 1.77. The van der Waals surface area contributed by atoms with E-state index in [-0.39, 0.29) is 11.9 Å². The second-order valence-corrected chi connectivity index (χ2v) is 7.66. The van der Waals surface area contributed by atoms with E-state index in [1.54, 1.807) is 36.0 Å². The fraction of sp³-hybridized carbons (Fsp3) is 0.211. The number of benzene rings is 1. The number of carbonyl (C=O) groups is 1. The quantitative estimate of drug-likeness (QED) is 0.564. The zero-order valence-electron chi connectivity index (χ0n) is 14.6. The van der Waals surface area contributed by atoms with Crippen LogP contribution in [0.3, 0.4) is 0 Å². The molecule has 8 heteroatoms. The third-order valence-electron chi connectivity index (χ3n) is 3.96. The second kappa shape index (κ2) is 9.26. The molecule has 27 heavy (non-hydrogen) atoms. The Bertz CT molecular complexity index is 973. The van der Waals surface area contributed by atoms with Crippen molar-refractivity contribution in [3.05, 3.63) is 70.1 Å². The molecule has 1 atom stereocenters. The molecular weight excluding hydrogens is 403 g/mol. The van der Waals surface area contributed by atoms with Crippen LogP contribution < -0.4 is 5.32 Å². The average molecular weight is 421 g/mol. The lowest BCUT2D eigenvalue weighted by molar-refractivity contribution is -0.117. The Hall–Kier alpha value is -2.02. The van der Waals surface area contributed by atoms with Gasteiger partial charge in [-0.15, -0.1) is 10.2 Å². The molecule has 5 nitrogen and oxygen atoms in total. The lowest BCUT2D eigenvalue weighted by Gasteiger charge is -2.16. The third kappa shape index (κ3) is 5.03. The van der Waals surface area contributed by atoms with E-state index in [2.05, 4.69) is 15.5 Å². The number of pyridine rings is 1. The summed E-state index contributed by atoms with van der Waals surface area (Å²) in [6.45, 7) is 0. The SMILES string of the molecule is CSCC[C@H](NC(=O)C=Cc1ccc(Cl)cc1Cl)c1nnc2ccccn12. The van der Waals surface area contributed by atoms with E-state index in [0.29, 0.717) is 15.9 Å². The van der Waals surface area contributed by atoms with E-state index in [9.17, 15) is 4.79 Å². The summed E-state index contributed by atoms with van der Waals surface area (Å²) < 4.78 is 1.89. The first-order valence-corrected chi connectivity index (χ1v) is 10.5. The first-order valence-electron chi connectivity index (χ1n) is 8.30. The smallest absolute Gasteiger partial charge is 0.244 e. The van der Waals surface area contributed by atoms with Crippen LogP contribution in [0.25, 0.3) is 11.7 Å². The summed E-state index contributed by atoms with van der Waals surface area (Å²) in [5, 5.41) is 12.5. The van der Waals surface area contributed by atoms with Crippen molar-refractivity contribution in [1.82, 2.24) is 19.9 Å². The highest BCUT2D eigenvalue weighted by Crippen LogP contribution is 2.22. The Morgan fingerprint density at radius 2 is 2.15 bits per heavy atom. The van der Waals surface area contributed by atoms with Crippen LogP contribution in [-0.4, -0.2) is 32.5 Å². The van der Waals surface area contributed by atoms with Crippen molar-refractivity contribution in [2.24, 2.45) is 0 Å². The zero-order valence-corrected chi connectivity index (χ0v) is 16.9. The van der Waals surface area contributed by atoms with Crippen molar-refractivity contribution >= 4 is 52.6 Å². The number of rotatable bonds is 7. The van der Waals surface area contributed by atoms with Crippen LogP contribution in [-0.2, 0) is 4.79 Å². The van der Waals surface area contributed by atoms with Crippen molar-refractivity contribution in [3.8, 4) is 0 Å². The van der Waals surface area contributed by atoms with Crippen LogP contribution in [0, 0.1) is 0 Å². The first-order chi connectivity index (χ1) is 13.1. The Morgan fingerprint density at radius 3 is 2.93 bits per heavy atom. The molecule has 1 aromatic carbocycles. The van der Waals surface area contributed by atoms with Gasteiger partial charge in [0, 0.05) is 22.3 Å². The number of aromatic nitrogens is 3. The molecule has 0 bridgehead atoms. The van der Waals surface area contributed by atoms with E-state index < -0.39 is 0 Å². The number of thioether (sulfide) groups is 1. The molecule has 0 radical (unpaired) electrons. The van der Waals surface area contributed by atoms with Gasteiger partial charge in [-0.2, -0.15) is 11.8 Å². The van der Waals surface area contributed by atoms with Gasteiger partial charge in [-0.1, -0.05) is 35.3 Å². The van der Waals surface area contributed by atoms with Gasteiger partial charge in [-0.05, 0) is 54.3 Å². The van der Waals surface area contributed by atoms with Gasteiger partial charge in [0.1, 0.15) is 0 Å². The highest BCUT2D eigenvalue weighted by molar-refractivity contribution is 7.98. The Kier molecular flexibility index (Phi) is 6.77. The summed E-state index contributed by atoms with van der Waals surface area (Å²) in [5.41, 5.74) is 1.48. The minimum atomic E-state index is -0.243. The van der Waals surface area contributed by atoms with Gasteiger partial charge in [0.25, 0.3) is 0 Å². The van der Waals surface area contributed by atoms with Crippen molar-refractivity contribution in [3.63, 3.8) is 0 Å². The number of fused-ring (bicyclic) bond motifs is 1. The first kappa shape index (κ1) is 19.7. The number of carbonyl (C=O) groups excluding carboxylic acids is 1. The van der Waals surface area contributed by atoms with Crippen LogP contribution in [0.5, 0.6) is 0 Å². The Labute approximate surface area is 171 Å². The molecule has 1 amide bonds. The largest absolute Gasteiger partial charge is 0.342 e. The van der Waals surface area contributed by atoms with E-state index in [1.165, 1.54) is 6.08 Å². The average Bonchev–Trinajstić information content (AvgIpc) is 3.08. The Morgan fingerprint density at radius 1 is 1.30 bits per heavy atom. The number of hydrogen-bond acceptors (Lipinski definition) is 4. The number of amides is 1. The molecule has 2 heterocycles. The molecule has 2 aromatic heterocycles. The summed E-state index contributed by atoms with van der Waals surface area (Å²) in [6.07, 6.45) is 7.81. The third-order valence-corrected chi connectivity index (χ3v) is 5.16. The van der Waals surface area contributed by atoms with E-state index in [1.807, 2.05) is 35.1 Å². The molecule has 0 unspecified atom stereocenters. The normalized spacial score (nSPS) is 12.6. The molecule has 0 aliphatic carbocycles. The molecule has 0 saturated heterocycles. The molecular formula is C19H18Cl2N4OS. The van der Waals surface area contributed by atoms with Gasteiger partial charge < -0.3 is 5.32 Å². The predicted molar refractivity (Wildman–Crippen MR) is 112 cm³/mol. The maximum atomic E-state index is 12.5. The molecule has 0 fully saturated rings. The number of halogens is 2. The van der Waals surface area contributed by atoms with E-state index in [0.717, 1.165) is 23.4 Å². The van der Waals surface area contributed by atoms with E-state index in [4.69, 9.17) is 23.2 Å². The molecule has 140 valence electrons. The monoisotopic (exact) mass is 420 g/mol. The molecule has 3 rings (SSSR count). The van der Waals surface area contributed by atoms with Gasteiger partial charge in [-0.25, -0.2) is 0 Å². The molecule has 0 saturated carbocycles. The van der Waals surface area contributed by atoms with Crippen LogP contribution in [0.2, 0.25) is 10.0 Å². The summed E-state index contributed by atoms with van der Waals surface area (Å²) in [6, 6.07) is 10.6. The molecule has 0 spiro atoms. The van der Waals surface area contributed by atoms with Crippen LogP contribution >= 0.6 is 35.0 Å².